The Morgan fingerprint density at radius 2 is 2.05 bits per heavy atom. The molecule has 4 nitrogen and oxygen atoms in total. The molecule has 0 bridgehead atoms. The van der Waals surface area contributed by atoms with Gasteiger partial charge in [-0.15, -0.1) is 24.8 Å². The summed E-state index contributed by atoms with van der Waals surface area (Å²) in [6, 6.07) is 8.77. The third-order valence-electron chi connectivity index (χ3n) is 3.57. The van der Waals surface area contributed by atoms with E-state index in [1.165, 1.54) is 12.0 Å². The van der Waals surface area contributed by atoms with Crippen LogP contribution >= 0.6 is 24.8 Å². The maximum Gasteiger partial charge on any atom is 0.221 e. The zero-order chi connectivity index (χ0) is 14.4. The summed E-state index contributed by atoms with van der Waals surface area (Å²) in [6.45, 7) is 2.59. The number of benzene rings is 1. The van der Waals surface area contributed by atoms with Crippen LogP contribution in [0.5, 0.6) is 0 Å². The van der Waals surface area contributed by atoms with Gasteiger partial charge in [0.05, 0.1) is 0 Å². The highest BCUT2D eigenvalue weighted by atomic mass is 35.5. The van der Waals surface area contributed by atoms with Gasteiger partial charge in [0.2, 0.25) is 5.91 Å². The number of carbonyl (C=O) groups excluding carboxylic acids is 1. The molecule has 1 atom stereocenters. The van der Waals surface area contributed by atoms with Crippen molar-refractivity contribution in [1.82, 2.24) is 15.5 Å². The van der Waals surface area contributed by atoms with Gasteiger partial charge < -0.3 is 15.5 Å². The Morgan fingerprint density at radius 3 is 2.68 bits per heavy atom. The summed E-state index contributed by atoms with van der Waals surface area (Å²) in [6.07, 6.45) is 2.90. The number of nitrogens with one attached hydrogen (secondary N) is 2. The van der Waals surface area contributed by atoms with Crippen molar-refractivity contribution in [2.45, 2.75) is 38.4 Å². The van der Waals surface area contributed by atoms with E-state index >= 15 is 0 Å². The second-order valence-corrected chi connectivity index (χ2v) is 5.83. The van der Waals surface area contributed by atoms with Crippen molar-refractivity contribution in [1.29, 1.82) is 0 Å². The number of rotatable bonds is 6. The topological polar surface area (TPSA) is 44.4 Å². The minimum Gasteiger partial charge on any atom is -0.352 e. The molecule has 1 aromatic rings. The third kappa shape index (κ3) is 7.45. The third-order valence-corrected chi connectivity index (χ3v) is 3.57. The predicted molar refractivity (Wildman–Crippen MR) is 95.8 cm³/mol. The van der Waals surface area contributed by atoms with Gasteiger partial charge in [-0.25, -0.2) is 0 Å². The highest BCUT2D eigenvalue weighted by Crippen LogP contribution is 2.09. The Labute approximate surface area is 145 Å². The van der Waals surface area contributed by atoms with Gasteiger partial charge in [-0.05, 0) is 44.6 Å². The molecule has 1 heterocycles. The maximum absolute atomic E-state index is 11.9. The first-order valence-corrected chi connectivity index (χ1v) is 7.36. The molecule has 22 heavy (non-hydrogen) atoms. The summed E-state index contributed by atoms with van der Waals surface area (Å²) in [7, 11) is 4.12. The van der Waals surface area contributed by atoms with Gasteiger partial charge in [0.15, 0.2) is 0 Å². The molecule has 0 aliphatic carbocycles. The van der Waals surface area contributed by atoms with E-state index in [9.17, 15) is 4.79 Å². The van der Waals surface area contributed by atoms with Crippen LogP contribution < -0.4 is 10.6 Å². The Kier molecular flexibility index (Phi) is 10.4. The molecule has 1 fully saturated rings. The van der Waals surface area contributed by atoms with Crippen LogP contribution in [0.3, 0.4) is 0 Å². The van der Waals surface area contributed by atoms with Gasteiger partial charge in [0.25, 0.3) is 0 Å². The highest BCUT2D eigenvalue weighted by molar-refractivity contribution is 5.85. The lowest BCUT2D eigenvalue weighted by Gasteiger charge is -2.12. The summed E-state index contributed by atoms with van der Waals surface area (Å²) >= 11 is 0. The lowest BCUT2D eigenvalue weighted by atomic mass is 10.1. The molecule has 2 N–H and O–H groups in total. The van der Waals surface area contributed by atoms with Crippen LogP contribution in [0, 0.1) is 0 Å². The molecular weight excluding hydrogens is 321 g/mol. The Balaban J connectivity index is 0.00000220. The number of amides is 1. The Morgan fingerprint density at radius 1 is 1.32 bits per heavy atom. The minimum atomic E-state index is 0. The van der Waals surface area contributed by atoms with Crippen LogP contribution in [0.1, 0.15) is 30.4 Å². The Hall–Kier alpha value is -0.810. The summed E-state index contributed by atoms with van der Waals surface area (Å²) in [4.78, 5) is 14.0. The molecular formula is C16H27Cl2N3O. The SMILES string of the molecule is CN(C)Cc1cccc(CNC(=O)CC2CCCN2)c1.Cl.Cl. The summed E-state index contributed by atoms with van der Waals surface area (Å²) < 4.78 is 0. The van der Waals surface area contributed by atoms with Crippen molar-refractivity contribution in [3.63, 3.8) is 0 Å². The fourth-order valence-electron chi connectivity index (χ4n) is 2.63. The first-order chi connectivity index (χ1) is 9.63. The van der Waals surface area contributed by atoms with Crippen LogP contribution in [0.4, 0.5) is 0 Å². The second-order valence-electron chi connectivity index (χ2n) is 5.83. The molecule has 2 rings (SSSR count). The monoisotopic (exact) mass is 347 g/mol. The van der Waals surface area contributed by atoms with Gasteiger partial charge in [-0.1, -0.05) is 24.3 Å². The summed E-state index contributed by atoms with van der Waals surface area (Å²) in [5, 5.41) is 6.36. The normalized spacial score (nSPS) is 16.8. The fraction of sp³-hybridized carbons (Fsp3) is 0.562. The van der Waals surface area contributed by atoms with Crippen LogP contribution in [-0.4, -0.2) is 37.5 Å². The number of hydrogen-bond acceptors (Lipinski definition) is 3. The molecule has 0 radical (unpaired) electrons. The van der Waals surface area contributed by atoms with Crippen LogP contribution in [0.15, 0.2) is 24.3 Å². The van der Waals surface area contributed by atoms with E-state index in [-0.39, 0.29) is 30.7 Å². The van der Waals surface area contributed by atoms with Crippen LogP contribution in [-0.2, 0) is 17.9 Å². The molecule has 1 amide bonds. The first kappa shape index (κ1) is 21.2. The second kappa shape index (κ2) is 10.8. The molecule has 0 saturated carbocycles. The van der Waals surface area contributed by atoms with Crippen molar-refractivity contribution in [2.24, 2.45) is 0 Å². The number of carbonyl (C=O) groups is 1. The first-order valence-electron chi connectivity index (χ1n) is 7.36. The molecule has 1 aromatic carbocycles. The van der Waals surface area contributed by atoms with Gasteiger partial charge >= 0.3 is 0 Å². The number of nitrogens with zero attached hydrogens (tertiary/aromatic N) is 1. The van der Waals surface area contributed by atoms with Crippen molar-refractivity contribution < 1.29 is 4.79 Å². The molecule has 1 saturated heterocycles. The van der Waals surface area contributed by atoms with E-state index in [0.29, 0.717) is 19.0 Å². The van der Waals surface area contributed by atoms with Gasteiger partial charge in [0.1, 0.15) is 0 Å². The van der Waals surface area contributed by atoms with E-state index < -0.39 is 0 Å². The predicted octanol–water partition coefficient (Wildman–Crippen LogP) is 2.35. The van der Waals surface area contributed by atoms with Gasteiger partial charge in [0, 0.05) is 25.6 Å². The number of hydrogen-bond donors (Lipinski definition) is 2. The minimum absolute atomic E-state index is 0. The average molecular weight is 348 g/mol. The molecule has 0 aromatic heterocycles. The van der Waals surface area contributed by atoms with Crippen molar-refractivity contribution in [3.05, 3.63) is 35.4 Å². The molecule has 6 heteroatoms. The van der Waals surface area contributed by atoms with E-state index in [0.717, 1.165) is 25.1 Å². The Bertz CT molecular complexity index is 449. The highest BCUT2D eigenvalue weighted by Gasteiger charge is 2.17. The quantitative estimate of drug-likeness (QED) is 0.830. The lowest BCUT2D eigenvalue weighted by molar-refractivity contribution is -0.121. The van der Waals surface area contributed by atoms with Crippen molar-refractivity contribution in [2.75, 3.05) is 20.6 Å². The molecule has 0 spiro atoms. The average Bonchev–Trinajstić information content (AvgIpc) is 2.89. The summed E-state index contributed by atoms with van der Waals surface area (Å²) in [5.74, 6) is 0.141. The summed E-state index contributed by atoms with van der Waals surface area (Å²) in [5.41, 5.74) is 2.44. The molecule has 1 aliphatic heterocycles. The molecule has 1 aliphatic rings. The molecule has 126 valence electrons. The van der Waals surface area contributed by atoms with E-state index in [1.807, 2.05) is 0 Å². The fourth-order valence-corrected chi connectivity index (χ4v) is 2.63. The van der Waals surface area contributed by atoms with Crippen LogP contribution in [0.25, 0.3) is 0 Å². The number of halogens is 2. The van der Waals surface area contributed by atoms with Crippen molar-refractivity contribution >= 4 is 30.7 Å². The zero-order valence-electron chi connectivity index (χ0n) is 13.3. The zero-order valence-corrected chi connectivity index (χ0v) is 14.9. The van der Waals surface area contributed by atoms with E-state index in [2.05, 4.69) is 53.9 Å². The van der Waals surface area contributed by atoms with Gasteiger partial charge in [-0.3, -0.25) is 4.79 Å². The van der Waals surface area contributed by atoms with E-state index in [1.54, 1.807) is 0 Å². The van der Waals surface area contributed by atoms with Crippen LogP contribution in [0.2, 0.25) is 0 Å². The standard InChI is InChI=1S/C16H25N3O.2ClH/c1-19(2)12-14-6-3-5-13(9-14)11-18-16(20)10-15-7-4-8-17-15;;/h3,5-6,9,15,17H,4,7-8,10-12H2,1-2H3,(H,18,20);2*1H. The van der Waals surface area contributed by atoms with Crippen molar-refractivity contribution in [3.8, 4) is 0 Å². The van der Waals surface area contributed by atoms with Gasteiger partial charge in [-0.2, -0.15) is 0 Å². The maximum atomic E-state index is 11.9. The smallest absolute Gasteiger partial charge is 0.221 e. The largest absolute Gasteiger partial charge is 0.352 e. The molecule has 1 unspecified atom stereocenters. The van der Waals surface area contributed by atoms with E-state index in [4.69, 9.17) is 0 Å². The lowest BCUT2D eigenvalue weighted by Crippen LogP contribution is -2.31.